The van der Waals surface area contributed by atoms with Crippen molar-refractivity contribution in [1.29, 1.82) is 0 Å². The molecule has 1 fully saturated rings. The van der Waals surface area contributed by atoms with Crippen molar-refractivity contribution in [3.05, 3.63) is 0 Å². The Bertz CT molecular complexity index is 377. The highest BCUT2D eigenvalue weighted by molar-refractivity contribution is 7.89. The van der Waals surface area contributed by atoms with Crippen LogP contribution in [0, 0.1) is 0 Å². The fourth-order valence-corrected chi connectivity index (χ4v) is 3.80. The number of rotatable bonds is 8. The summed E-state index contributed by atoms with van der Waals surface area (Å²) < 4.78 is 30.3. The van der Waals surface area contributed by atoms with Crippen LogP contribution < -0.4 is 5.32 Å². The molecule has 0 saturated carbocycles. The molecule has 0 bridgehead atoms. The highest BCUT2D eigenvalue weighted by atomic mass is 32.2. The molecular formula is C12H24N2O4S. The maximum atomic E-state index is 12.2. The number of sulfonamides is 1. The van der Waals surface area contributed by atoms with Crippen LogP contribution in [0.3, 0.4) is 0 Å². The lowest BCUT2D eigenvalue weighted by molar-refractivity contribution is -0.140. The zero-order chi connectivity index (χ0) is 14.3. The molecule has 0 amide bonds. The summed E-state index contributed by atoms with van der Waals surface area (Å²) in [5, 5.41) is 3.30. The van der Waals surface area contributed by atoms with Crippen LogP contribution in [0.25, 0.3) is 0 Å². The van der Waals surface area contributed by atoms with Crippen LogP contribution in [-0.4, -0.2) is 57.2 Å². The number of methoxy groups -OCH3 is 1. The Labute approximate surface area is 115 Å². The first-order chi connectivity index (χ1) is 8.99. The number of ether oxygens (including phenoxy) is 1. The molecule has 1 unspecified atom stereocenters. The van der Waals surface area contributed by atoms with Crippen molar-refractivity contribution in [3.8, 4) is 0 Å². The fraction of sp³-hybridized carbons (Fsp3) is 0.917. The highest BCUT2D eigenvalue weighted by Crippen LogP contribution is 2.11. The van der Waals surface area contributed by atoms with Crippen molar-refractivity contribution in [2.45, 2.75) is 38.6 Å². The molecule has 7 heteroatoms. The predicted octanol–water partition coefficient (Wildman–Crippen LogP) is 0.343. The molecule has 1 aliphatic rings. The molecule has 1 rings (SSSR count). The number of nitrogens with zero attached hydrogens (tertiary/aromatic N) is 1. The molecule has 0 aliphatic carbocycles. The Morgan fingerprint density at radius 1 is 1.47 bits per heavy atom. The van der Waals surface area contributed by atoms with Crippen molar-refractivity contribution in [2.75, 3.05) is 32.5 Å². The molecule has 1 aliphatic heterocycles. The average Bonchev–Trinajstić information content (AvgIpc) is 2.88. The third-order valence-electron chi connectivity index (χ3n) is 3.34. The molecule has 0 aromatic rings. The standard InChI is InChI=1S/C12H24N2O4S/c1-3-14(10-11-6-4-8-13-11)19(16,17)9-5-7-12(15)18-2/h11,13H,3-10H2,1-2H3. The van der Waals surface area contributed by atoms with Crippen molar-refractivity contribution >= 4 is 16.0 Å². The number of likely N-dealkylation sites (N-methyl/N-ethyl adjacent to an activating group) is 1. The summed E-state index contributed by atoms with van der Waals surface area (Å²) in [6.07, 6.45) is 2.58. The third-order valence-corrected chi connectivity index (χ3v) is 5.34. The van der Waals surface area contributed by atoms with Gasteiger partial charge in [0.15, 0.2) is 0 Å². The maximum absolute atomic E-state index is 12.2. The number of carbonyl (C=O) groups is 1. The van der Waals surface area contributed by atoms with E-state index in [4.69, 9.17) is 0 Å². The van der Waals surface area contributed by atoms with Crippen molar-refractivity contribution in [3.63, 3.8) is 0 Å². The second-order valence-electron chi connectivity index (χ2n) is 4.74. The van der Waals surface area contributed by atoms with E-state index in [9.17, 15) is 13.2 Å². The summed E-state index contributed by atoms with van der Waals surface area (Å²) in [7, 11) is -1.97. The lowest BCUT2D eigenvalue weighted by atomic mass is 10.2. The number of carbonyl (C=O) groups excluding carboxylic acids is 1. The Hall–Kier alpha value is -0.660. The normalized spacial score (nSPS) is 19.8. The lowest BCUT2D eigenvalue weighted by Gasteiger charge is -2.23. The first kappa shape index (κ1) is 16.4. The van der Waals surface area contributed by atoms with Gasteiger partial charge >= 0.3 is 5.97 Å². The van der Waals surface area contributed by atoms with E-state index in [1.165, 1.54) is 11.4 Å². The Kier molecular flexibility index (Phi) is 6.74. The number of hydrogen-bond donors (Lipinski definition) is 1. The maximum Gasteiger partial charge on any atom is 0.305 e. The van der Waals surface area contributed by atoms with E-state index in [1.807, 2.05) is 6.92 Å². The van der Waals surface area contributed by atoms with Gasteiger partial charge in [0.25, 0.3) is 0 Å². The van der Waals surface area contributed by atoms with Crippen LogP contribution in [-0.2, 0) is 19.6 Å². The minimum atomic E-state index is -3.28. The quantitative estimate of drug-likeness (QED) is 0.653. The zero-order valence-electron chi connectivity index (χ0n) is 11.7. The Balaban J connectivity index is 2.44. The van der Waals surface area contributed by atoms with Crippen molar-refractivity contribution in [2.24, 2.45) is 0 Å². The third kappa shape index (κ3) is 5.46. The molecule has 19 heavy (non-hydrogen) atoms. The molecule has 0 radical (unpaired) electrons. The van der Waals surface area contributed by atoms with Gasteiger partial charge < -0.3 is 10.1 Å². The van der Waals surface area contributed by atoms with Crippen LogP contribution in [0.15, 0.2) is 0 Å². The van der Waals surface area contributed by atoms with Gasteiger partial charge in [0.05, 0.1) is 12.9 Å². The molecule has 0 aromatic heterocycles. The first-order valence-corrected chi connectivity index (χ1v) is 8.38. The second-order valence-corrected chi connectivity index (χ2v) is 6.83. The van der Waals surface area contributed by atoms with E-state index in [0.29, 0.717) is 19.5 Å². The van der Waals surface area contributed by atoms with Crippen LogP contribution in [0.5, 0.6) is 0 Å². The van der Waals surface area contributed by atoms with E-state index in [1.54, 1.807) is 0 Å². The topological polar surface area (TPSA) is 75.7 Å². The van der Waals surface area contributed by atoms with E-state index in [-0.39, 0.29) is 24.2 Å². The average molecular weight is 292 g/mol. The summed E-state index contributed by atoms with van der Waals surface area (Å²) in [5.74, 6) is -0.362. The van der Waals surface area contributed by atoms with Crippen LogP contribution >= 0.6 is 0 Å². The van der Waals surface area contributed by atoms with Gasteiger partial charge in [-0.2, -0.15) is 0 Å². The molecule has 0 aromatic carbocycles. The Morgan fingerprint density at radius 2 is 2.21 bits per heavy atom. The van der Waals surface area contributed by atoms with E-state index in [2.05, 4.69) is 10.1 Å². The molecule has 1 saturated heterocycles. The van der Waals surface area contributed by atoms with Gasteiger partial charge in [-0.3, -0.25) is 4.79 Å². The monoisotopic (exact) mass is 292 g/mol. The Morgan fingerprint density at radius 3 is 2.74 bits per heavy atom. The minimum absolute atomic E-state index is 0.00264. The SMILES string of the molecule is CCN(CC1CCCN1)S(=O)(=O)CCCC(=O)OC. The molecule has 112 valence electrons. The van der Waals surface area contributed by atoms with E-state index >= 15 is 0 Å². The highest BCUT2D eigenvalue weighted by Gasteiger charge is 2.25. The summed E-state index contributed by atoms with van der Waals surface area (Å²) in [6.45, 7) is 3.80. The largest absolute Gasteiger partial charge is 0.469 e. The first-order valence-electron chi connectivity index (χ1n) is 6.77. The van der Waals surface area contributed by atoms with E-state index < -0.39 is 10.0 Å². The van der Waals surface area contributed by atoms with Crippen LogP contribution in [0.4, 0.5) is 0 Å². The van der Waals surface area contributed by atoms with E-state index in [0.717, 1.165) is 19.4 Å². The molecule has 1 atom stereocenters. The van der Waals surface area contributed by atoms with Crippen LogP contribution in [0.2, 0.25) is 0 Å². The summed E-state index contributed by atoms with van der Waals surface area (Å²) in [6, 6.07) is 0.260. The molecule has 1 N–H and O–H groups in total. The predicted molar refractivity (Wildman–Crippen MR) is 73.3 cm³/mol. The molecule has 6 nitrogen and oxygen atoms in total. The van der Waals surface area contributed by atoms with Gasteiger partial charge in [-0.05, 0) is 25.8 Å². The number of nitrogens with one attached hydrogen (secondary N) is 1. The molecule has 1 heterocycles. The minimum Gasteiger partial charge on any atom is -0.469 e. The fourth-order valence-electron chi connectivity index (χ4n) is 2.23. The smallest absolute Gasteiger partial charge is 0.305 e. The van der Waals surface area contributed by atoms with Crippen molar-refractivity contribution in [1.82, 2.24) is 9.62 Å². The summed E-state index contributed by atoms with van der Waals surface area (Å²) >= 11 is 0. The van der Waals surface area contributed by atoms with Gasteiger partial charge in [0, 0.05) is 25.6 Å². The van der Waals surface area contributed by atoms with Gasteiger partial charge in [-0.25, -0.2) is 12.7 Å². The van der Waals surface area contributed by atoms with Crippen molar-refractivity contribution < 1.29 is 17.9 Å². The molecule has 0 spiro atoms. The zero-order valence-corrected chi connectivity index (χ0v) is 12.5. The molecular weight excluding hydrogens is 268 g/mol. The number of hydrogen-bond acceptors (Lipinski definition) is 5. The van der Waals surface area contributed by atoms with Gasteiger partial charge in [-0.1, -0.05) is 6.92 Å². The summed E-state index contributed by atoms with van der Waals surface area (Å²) in [4.78, 5) is 11.0. The van der Waals surface area contributed by atoms with Gasteiger partial charge in [0.1, 0.15) is 0 Å². The lowest BCUT2D eigenvalue weighted by Crippen LogP contribution is -2.42. The second kappa shape index (κ2) is 7.81. The van der Waals surface area contributed by atoms with Crippen LogP contribution in [0.1, 0.15) is 32.6 Å². The number of esters is 1. The summed E-state index contributed by atoms with van der Waals surface area (Å²) in [5.41, 5.74) is 0. The van der Waals surface area contributed by atoms with Gasteiger partial charge in [-0.15, -0.1) is 0 Å². The van der Waals surface area contributed by atoms with Gasteiger partial charge in [0.2, 0.25) is 10.0 Å².